The Morgan fingerprint density at radius 1 is 1.14 bits per heavy atom. The van der Waals surface area contributed by atoms with Crippen molar-refractivity contribution in [3.8, 4) is 11.6 Å². The monoisotopic (exact) mass is 349 g/mol. The molecule has 0 amide bonds. The van der Waals surface area contributed by atoms with Gasteiger partial charge in [0.1, 0.15) is 5.75 Å². The van der Waals surface area contributed by atoms with E-state index in [0.29, 0.717) is 22.9 Å². The van der Waals surface area contributed by atoms with Crippen LogP contribution in [0.1, 0.15) is 27.2 Å². The molecule has 0 saturated carbocycles. The summed E-state index contributed by atoms with van der Waals surface area (Å²) in [7, 11) is 1.35. The molecule has 21 heavy (non-hydrogen) atoms. The van der Waals surface area contributed by atoms with Crippen LogP contribution in [-0.2, 0) is 4.74 Å². The average Bonchev–Trinajstić information content (AvgIpc) is 2.44. The SMILES string of the molecule is COC(=O)c1ccc(Oc2cc(C)c(Br)c(C)c2)nc1C. The van der Waals surface area contributed by atoms with Crippen LogP contribution in [0.3, 0.4) is 0 Å². The van der Waals surface area contributed by atoms with Gasteiger partial charge in [-0.3, -0.25) is 0 Å². The fourth-order valence-electron chi connectivity index (χ4n) is 2.01. The highest BCUT2D eigenvalue weighted by Crippen LogP contribution is 2.29. The fourth-order valence-corrected chi connectivity index (χ4v) is 2.24. The van der Waals surface area contributed by atoms with Crippen molar-refractivity contribution in [2.75, 3.05) is 7.11 Å². The van der Waals surface area contributed by atoms with Crippen molar-refractivity contribution >= 4 is 21.9 Å². The molecule has 0 aliphatic rings. The molecule has 5 heteroatoms. The first-order valence-corrected chi connectivity index (χ1v) is 7.22. The molecule has 0 N–H and O–H groups in total. The van der Waals surface area contributed by atoms with Gasteiger partial charge in [-0.15, -0.1) is 0 Å². The van der Waals surface area contributed by atoms with Gasteiger partial charge in [-0.25, -0.2) is 9.78 Å². The summed E-state index contributed by atoms with van der Waals surface area (Å²) in [4.78, 5) is 15.8. The van der Waals surface area contributed by atoms with Crippen LogP contribution in [0.15, 0.2) is 28.7 Å². The van der Waals surface area contributed by atoms with Crippen molar-refractivity contribution in [1.82, 2.24) is 4.98 Å². The third-order valence-electron chi connectivity index (χ3n) is 3.10. The van der Waals surface area contributed by atoms with E-state index in [-0.39, 0.29) is 0 Å². The van der Waals surface area contributed by atoms with Crippen molar-refractivity contribution in [2.24, 2.45) is 0 Å². The lowest BCUT2D eigenvalue weighted by molar-refractivity contribution is 0.0599. The van der Waals surface area contributed by atoms with E-state index in [1.165, 1.54) is 7.11 Å². The molecule has 0 fully saturated rings. The Kier molecular flexibility index (Phi) is 4.63. The van der Waals surface area contributed by atoms with Gasteiger partial charge in [0.2, 0.25) is 5.88 Å². The molecular formula is C16H16BrNO3. The summed E-state index contributed by atoms with van der Waals surface area (Å²) in [5, 5.41) is 0. The highest BCUT2D eigenvalue weighted by atomic mass is 79.9. The number of aryl methyl sites for hydroxylation is 3. The number of nitrogens with zero attached hydrogens (tertiary/aromatic N) is 1. The summed E-state index contributed by atoms with van der Waals surface area (Å²) in [6, 6.07) is 7.18. The van der Waals surface area contributed by atoms with E-state index in [1.807, 2.05) is 26.0 Å². The maximum Gasteiger partial charge on any atom is 0.339 e. The van der Waals surface area contributed by atoms with Gasteiger partial charge in [0.05, 0.1) is 18.4 Å². The minimum absolute atomic E-state index is 0.401. The lowest BCUT2D eigenvalue weighted by Crippen LogP contribution is -2.05. The largest absolute Gasteiger partial charge is 0.465 e. The number of rotatable bonds is 3. The van der Waals surface area contributed by atoms with Gasteiger partial charge in [0.25, 0.3) is 0 Å². The highest BCUT2D eigenvalue weighted by molar-refractivity contribution is 9.10. The topological polar surface area (TPSA) is 48.4 Å². The molecule has 0 aliphatic carbocycles. The van der Waals surface area contributed by atoms with Gasteiger partial charge in [0, 0.05) is 10.5 Å². The standard InChI is InChI=1S/C16H16BrNO3/c1-9-7-12(8-10(2)15(9)17)21-14-6-5-13(11(3)18-14)16(19)20-4/h5-8H,1-4H3. The zero-order chi connectivity index (χ0) is 15.6. The quantitative estimate of drug-likeness (QED) is 0.773. The number of halogens is 1. The Morgan fingerprint density at radius 2 is 1.76 bits per heavy atom. The molecule has 0 saturated heterocycles. The molecule has 1 aromatic carbocycles. The van der Waals surface area contributed by atoms with Gasteiger partial charge in [-0.2, -0.15) is 0 Å². The van der Waals surface area contributed by atoms with Gasteiger partial charge in [0.15, 0.2) is 0 Å². The molecule has 1 heterocycles. The molecule has 110 valence electrons. The number of methoxy groups -OCH3 is 1. The Labute approximate surface area is 132 Å². The molecular weight excluding hydrogens is 334 g/mol. The molecule has 0 unspecified atom stereocenters. The average molecular weight is 350 g/mol. The van der Waals surface area contributed by atoms with Crippen LogP contribution in [0.4, 0.5) is 0 Å². The Morgan fingerprint density at radius 3 is 2.29 bits per heavy atom. The predicted molar refractivity (Wildman–Crippen MR) is 84.0 cm³/mol. The number of hydrogen-bond acceptors (Lipinski definition) is 4. The van der Waals surface area contributed by atoms with E-state index in [2.05, 4.69) is 20.9 Å². The van der Waals surface area contributed by atoms with E-state index in [4.69, 9.17) is 9.47 Å². The van der Waals surface area contributed by atoms with E-state index in [1.54, 1.807) is 19.1 Å². The van der Waals surface area contributed by atoms with Gasteiger partial charge < -0.3 is 9.47 Å². The lowest BCUT2D eigenvalue weighted by atomic mass is 10.1. The van der Waals surface area contributed by atoms with Crippen LogP contribution in [0.5, 0.6) is 11.6 Å². The molecule has 0 spiro atoms. The van der Waals surface area contributed by atoms with Gasteiger partial charge >= 0.3 is 5.97 Å². The summed E-state index contributed by atoms with van der Waals surface area (Å²) in [6.45, 7) is 5.75. The normalized spacial score (nSPS) is 10.3. The van der Waals surface area contributed by atoms with E-state index < -0.39 is 5.97 Å². The molecule has 0 atom stereocenters. The van der Waals surface area contributed by atoms with Crippen LogP contribution in [0, 0.1) is 20.8 Å². The predicted octanol–water partition coefficient (Wildman–Crippen LogP) is 4.35. The molecule has 4 nitrogen and oxygen atoms in total. The summed E-state index contributed by atoms with van der Waals surface area (Å²) < 4.78 is 11.5. The second kappa shape index (κ2) is 6.26. The summed E-state index contributed by atoms with van der Waals surface area (Å²) in [5.74, 6) is 0.758. The minimum atomic E-state index is -0.401. The Hall–Kier alpha value is -1.88. The van der Waals surface area contributed by atoms with Gasteiger partial charge in [-0.1, -0.05) is 15.9 Å². The number of aromatic nitrogens is 1. The minimum Gasteiger partial charge on any atom is -0.465 e. The third kappa shape index (κ3) is 3.42. The number of carbonyl (C=O) groups is 1. The van der Waals surface area contributed by atoms with Crippen molar-refractivity contribution in [2.45, 2.75) is 20.8 Å². The molecule has 2 aromatic rings. The molecule has 0 bridgehead atoms. The zero-order valence-corrected chi connectivity index (χ0v) is 13.9. The Balaban J connectivity index is 2.28. The summed E-state index contributed by atoms with van der Waals surface area (Å²) >= 11 is 3.52. The zero-order valence-electron chi connectivity index (χ0n) is 12.4. The van der Waals surface area contributed by atoms with Crippen molar-refractivity contribution in [3.63, 3.8) is 0 Å². The first-order chi connectivity index (χ1) is 9.92. The maximum atomic E-state index is 11.5. The number of esters is 1. The van der Waals surface area contributed by atoms with E-state index >= 15 is 0 Å². The molecule has 2 rings (SSSR count). The van der Waals surface area contributed by atoms with Crippen LogP contribution >= 0.6 is 15.9 Å². The van der Waals surface area contributed by atoms with Crippen LogP contribution in [0.2, 0.25) is 0 Å². The summed E-state index contributed by atoms with van der Waals surface area (Å²) in [5.41, 5.74) is 3.19. The van der Waals surface area contributed by atoms with Crippen LogP contribution < -0.4 is 4.74 Å². The van der Waals surface area contributed by atoms with E-state index in [9.17, 15) is 4.79 Å². The second-order valence-electron chi connectivity index (χ2n) is 4.75. The number of carbonyl (C=O) groups excluding carboxylic acids is 1. The third-order valence-corrected chi connectivity index (χ3v) is 4.35. The van der Waals surface area contributed by atoms with Crippen molar-refractivity contribution in [3.05, 3.63) is 51.1 Å². The maximum absolute atomic E-state index is 11.5. The molecule has 0 radical (unpaired) electrons. The molecule has 0 aliphatic heterocycles. The number of ether oxygens (including phenoxy) is 2. The smallest absolute Gasteiger partial charge is 0.339 e. The fraction of sp³-hybridized carbons (Fsp3) is 0.250. The highest BCUT2D eigenvalue weighted by Gasteiger charge is 2.12. The second-order valence-corrected chi connectivity index (χ2v) is 5.54. The van der Waals surface area contributed by atoms with Crippen molar-refractivity contribution in [1.29, 1.82) is 0 Å². The lowest BCUT2D eigenvalue weighted by Gasteiger charge is -2.10. The van der Waals surface area contributed by atoms with Crippen molar-refractivity contribution < 1.29 is 14.3 Å². The first kappa shape index (κ1) is 15.5. The Bertz CT molecular complexity index is 675. The number of hydrogen-bond donors (Lipinski definition) is 0. The number of benzene rings is 1. The van der Waals surface area contributed by atoms with Gasteiger partial charge in [-0.05, 0) is 50.1 Å². The number of pyridine rings is 1. The van der Waals surface area contributed by atoms with E-state index in [0.717, 1.165) is 15.6 Å². The molecule has 1 aromatic heterocycles. The van der Waals surface area contributed by atoms with Crippen LogP contribution in [-0.4, -0.2) is 18.1 Å². The van der Waals surface area contributed by atoms with Crippen LogP contribution in [0.25, 0.3) is 0 Å². The summed E-state index contributed by atoms with van der Waals surface area (Å²) in [6.07, 6.45) is 0. The first-order valence-electron chi connectivity index (χ1n) is 6.43.